The van der Waals surface area contributed by atoms with Crippen LogP contribution in [-0.4, -0.2) is 5.91 Å². The fourth-order valence-electron chi connectivity index (χ4n) is 3.48. The second kappa shape index (κ2) is 7.26. The van der Waals surface area contributed by atoms with Crippen LogP contribution in [0.25, 0.3) is 0 Å². The third-order valence-corrected chi connectivity index (χ3v) is 4.62. The zero-order valence-electron chi connectivity index (χ0n) is 12.9. The Hall–Kier alpha value is -2.09. The van der Waals surface area contributed by atoms with E-state index in [1.807, 2.05) is 48.5 Å². The Morgan fingerprint density at radius 3 is 2.18 bits per heavy atom. The van der Waals surface area contributed by atoms with Gasteiger partial charge in [0.05, 0.1) is 5.92 Å². The molecule has 1 N–H and O–H groups in total. The number of rotatable bonds is 5. The van der Waals surface area contributed by atoms with Crippen LogP contribution in [0.3, 0.4) is 0 Å². The molecule has 1 fully saturated rings. The summed E-state index contributed by atoms with van der Waals surface area (Å²) in [7, 11) is 0. The van der Waals surface area contributed by atoms with E-state index in [4.69, 9.17) is 0 Å². The van der Waals surface area contributed by atoms with Gasteiger partial charge in [0.1, 0.15) is 0 Å². The van der Waals surface area contributed by atoms with E-state index in [-0.39, 0.29) is 11.8 Å². The summed E-state index contributed by atoms with van der Waals surface area (Å²) in [5.74, 6) is 0.646. The molecule has 2 nitrogen and oxygen atoms in total. The highest BCUT2D eigenvalue weighted by atomic mass is 16.1. The van der Waals surface area contributed by atoms with Crippen LogP contribution in [-0.2, 0) is 11.3 Å². The minimum Gasteiger partial charge on any atom is -0.351 e. The molecule has 1 amide bonds. The smallest absolute Gasteiger partial charge is 0.228 e. The highest BCUT2D eigenvalue weighted by molar-refractivity contribution is 5.84. The second-order valence-electron chi connectivity index (χ2n) is 6.14. The normalized spacial score (nSPS) is 16.4. The molecule has 1 unspecified atom stereocenters. The first-order valence-electron chi connectivity index (χ1n) is 8.21. The summed E-state index contributed by atoms with van der Waals surface area (Å²) in [6, 6.07) is 20.4. The summed E-state index contributed by atoms with van der Waals surface area (Å²) in [5.41, 5.74) is 2.30. The molecule has 1 aliphatic carbocycles. The van der Waals surface area contributed by atoms with Crippen LogP contribution in [0.5, 0.6) is 0 Å². The van der Waals surface area contributed by atoms with Gasteiger partial charge in [-0.2, -0.15) is 0 Å². The number of amides is 1. The summed E-state index contributed by atoms with van der Waals surface area (Å²) in [4.78, 5) is 12.8. The maximum atomic E-state index is 12.8. The standard InChI is InChI=1S/C20H23NO/c22-20(21-15-16-9-3-1-4-10-16)19(18-13-7-8-14-18)17-11-5-2-6-12-17/h1-6,9-12,18-19H,7-8,13-15H2,(H,21,22). The van der Waals surface area contributed by atoms with Gasteiger partial charge in [-0.15, -0.1) is 0 Å². The van der Waals surface area contributed by atoms with Crippen molar-refractivity contribution in [3.8, 4) is 0 Å². The molecule has 0 spiro atoms. The topological polar surface area (TPSA) is 29.1 Å². The number of hydrogen-bond donors (Lipinski definition) is 1. The molecule has 3 rings (SSSR count). The lowest BCUT2D eigenvalue weighted by molar-refractivity contribution is -0.123. The first-order valence-corrected chi connectivity index (χ1v) is 8.21. The molecule has 2 aromatic carbocycles. The monoisotopic (exact) mass is 293 g/mol. The Labute approximate surface area is 132 Å². The van der Waals surface area contributed by atoms with Crippen LogP contribution >= 0.6 is 0 Å². The Morgan fingerprint density at radius 1 is 0.955 bits per heavy atom. The fourth-order valence-corrected chi connectivity index (χ4v) is 3.48. The second-order valence-corrected chi connectivity index (χ2v) is 6.14. The maximum absolute atomic E-state index is 12.8. The molecule has 1 saturated carbocycles. The van der Waals surface area contributed by atoms with E-state index in [0.29, 0.717) is 12.5 Å². The summed E-state index contributed by atoms with van der Waals surface area (Å²) in [6.45, 7) is 0.607. The molecule has 114 valence electrons. The SMILES string of the molecule is O=C(NCc1ccccc1)C(c1ccccc1)C1CCCC1. The van der Waals surface area contributed by atoms with Gasteiger partial charge in [-0.05, 0) is 29.9 Å². The first kappa shape index (κ1) is 14.8. The Kier molecular flexibility index (Phi) is 4.89. The highest BCUT2D eigenvalue weighted by Crippen LogP contribution is 2.37. The van der Waals surface area contributed by atoms with Crippen LogP contribution in [0.2, 0.25) is 0 Å². The van der Waals surface area contributed by atoms with Gasteiger partial charge in [0.15, 0.2) is 0 Å². The molecule has 0 aliphatic heterocycles. The van der Waals surface area contributed by atoms with Gasteiger partial charge >= 0.3 is 0 Å². The summed E-state index contributed by atoms with van der Waals surface area (Å²) in [6.07, 6.45) is 4.83. The zero-order chi connectivity index (χ0) is 15.2. The van der Waals surface area contributed by atoms with E-state index in [0.717, 1.165) is 24.0 Å². The molecular weight excluding hydrogens is 270 g/mol. The minimum absolute atomic E-state index is 0.00703. The number of nitrogens with one attached hydrogen (secondary N) is 1. The number of benzene rings is 2. The number of carbonyl (C=O) groups is 1. The minimum atomic E-state index is -0.00703. The average molecular weight is 293 g/mol. The third-order valence-electron chi connectivity index (χ3n) is 4.62. The quantitative estimate of drug-likeness (QED) is 0.876. The van der Waals surface area contributed by atoms with Gasteiger partial charge in [0, 0.05) is 6.54 Å². The molecule has 0 radical (unpaired) electrons. The van der Waals surface area contributed by atoms with E-state index in [1.54, 1.807) is 0 Å². The van der Waals surface area contributed by atoms with Crippen molar-refractivity contribution in [2.24, 2.45) is 5.92 Å². The van der Waals surface area contributed by atoms with Crippen LogP contribution in [0, 0.1) is 5.92 Å². The van der Waals surface area contributed by atoms with Crippen molar-refractivity contribution in [2.75, 3.05) is 0 Å². The van der Waals surface area contributed by atoms with Crippen molar-refractivity contribution >= 4 is 5.91 Å². The molecule has 0 aromatic heterocycles. The third kappa shape index (κ3) is 3.56. The molecule has 22 heavy (non-hydrogen) atoms. The Balaban J connectivity index is 1.72. The van der Waals surface area contributed by atoms with Crippen LogP contribution in [0.1, 0.15) is 42.7 Å². The van der Waals surface area contributed by atoms with Crippen molar-refractivity contribution < 1.29 is 4.79 Å². The summed E-state index contributed by atoms with van der Waals surface area (Å²) >= 11 is 0. The molecule has 2 heteroatoms. The largest absolute Gasteiger partial charge is 0.351 e. The van der Waals surface area contributed by atoms with Gasteiger partial charge in [-0.1, -0.05) is 73.5 Å². The zero-order valence-corrected chi connectivity index (χ0v) is 12.9. The van der Waals surface area contributed by atoms with Crippen molar-refractivity contribution in [1.82, 2.24) is 5.32 Å². The van der Waals surface area contributed by atoms with Gasteiger partial charge in [-0.3, -0.25) is 4.79 Å². The van der Waals surface area contributed by atoms with E-state index in [1.165, 1.54) is 12.8 Å². The number of hydrogen-bond acceptors (Lipinski definition) is 1. The van der Waals surface area contributed by atoms with Crippen LogP contribution in [0.15, 0.2) is 60.7 Å². The predicted octanol–water partition coefficient (Wildman–Crippen LogP) is 4.28. The molecular formula is C20H23NO. The van der Waals surface area contributed by atoms with Gasteiger partial charge in [0.2, 0.25) is 5.91 Å². The van der Waals surface area contributed by atoms with Gasteiger partial charge < -0.3 is 5.32 Å². The van der Waals surface area contributed by atoms with E-state index in [2.05, 4.69) is 17.4 Å². The van der Waals surface area contributed by atoms with Crippen molar-refractivity contribution in [1.29, 1.82) is 0 Å². The average Bonchev–Trinajstić information content (AvgIpc) is 3.09. The predicted molar refractivity (Wildman–Crippen MR) is 89.4 cm³/mol. The van der Waals surface area contributed by atoms with Gasteiger partial charge in [0.25, 0.3) is 0 Å². The molecule has 0 heterocycles. The number of carbonyl (C=O) groups excluding carboxylic acids is 1. The first-order chi connectivity index (χ1) is 10.8. The Morgan fingerprint density at radius 2 is 1.55 bits per heavy atom. The lowest BCUT2D eigenvalue weighted by atomic mass is 9.84. The van der Waals surface area contributed by atoms with Gasteiger partial charge in [-0.25, -0.2) is 0 Å². The summed E-state index contributed by atoms with van der Waals surface area (Å²) in [5, 5.41) is 3.14. The van der Waals surface area contributed by atoms with E-state index >= 15 is 0 Å². The molecule has 1 atom stereocenters. The summed E-state index contributed by atoms with van der Waals surface area (Å²) < 4.78 is 0. The lowest BCUT2D eigenvalue weighted by Gasteiger charge is -2.23. The van der Waals surface area contributed by atoms with Crippen LogP contribution < -0.4 is 5.32 Å². The van der Waals surface area contributed by atoms with Crippen LogP contribution in [0.4, 0.5) is 0 Å². The molecule has 0 saturated heterocycles. The molecule has 2 aromatic rings. The van der Waals surface area contributed by atoms with Crippen molar-refractivity contribution in [3.05, 3.63) is 71.8 Å². The van der Waals surface area contributed by atoms with E-state index in [9.17, 15) is 4.79 Å². The molecule has 0 bridgehead atoms. The van der Waals surface area contributed by atoms with Crippen molar-refractivity contribution in [3.63, 3.8) is 0 Å². The Bertz CT molecular complexity index is 588. The highest BCUT2D eigenvalue weighted by Gasteiger charge is 2.31. The lowest BCUT2D eigenvalue weighted by Crippen LogP contribution is -2.32. The maximum Gasteiger partial charge on any atom is 0.228 e. The molecule has 1 aliphatic rings. The van der Waals surface area contributed by atoms with E-state index < -0.39 is 0 Å². The fraction of sp³-hybridized carbons (Fsp3) is 0.350. The van der Waals surface area contributed by atoms with Crippen molar-refractivity contribution in [2.45, 2.75) is 38.1 Å².